The van der Waals surface area contributed by atoms with Crippen LogP contribution >= 0.6 is 11.6 Å². The highest BCUT2D eigenvalue weighted by Crippen LogP contribution is 2.28. The largest absolute Gasteiger partial charge is 0.326 e. The number of hydrogen-bond donors (Lipinski definition) is 1. The number of pyridine rings is 1. The summed E-state index contributed by atoms with van der Waals surface area (Å²) in [5, 5.41) is 3.26. The van der Waals surface area contributed by atoms with E-state index in [0.717, 1.165) is 4.90 Å². The van der Waals surface area contributed by atoms with E-state index in [1.807, 2.05) is 0 Å². The minimum atomic E-state index is -0.548. The Bertz CT molecular complexity index is 1030. The molecule has 0 spiro atoms. The minimum Gasteiger partial charge on any atom is -0.326 e. The zero-order valence-electron chi connectivity index (χ0n) is 15.0. The average molecular weight is 398 g/mol. The van der Waals surface area contributed by atoms with Crippen LogP contribution in [0.2, 0.25) is 5.02 Å². The molecule has 0 saturated heterocycles. The summed E-state index contributed by atoms with van der Waals surface area (Å²) in [5.41, 5.74) is 1.22. The van der Waals surface area contributed by atoms with Gasteiger partial charge in [0.25, 0.3) is 0 Å². The van der Waals surface area contributed by atoms with Crippen LogP contribution in [-0.2, 0) is 16.0 Å². The number of benzene rings is 2. The Labute approximate surface area is 166 Å². The number of carbonyl (C=O) groups is 2. The van der Waals surface area contributed by atoms with Crippen LogP contribution in [0, 0.1) is 5.82 Å². The number of carbonyl (C=O) groups excluding carboxylic acids is 2. The van der Waals surface area contributed by atoms with E-state index in [1.54, 1.807) is 36.4 Å². The first-order valence-corrected chi connectivity index (χ1v) is 8.88. The molecule has 0 aliphatic rings. The lowest BCUT2D eigenvalue weighted by atomic mass is 10.1. The molecular weight excluding hydrogens is 381 g/mol. The van der Waals surface area contributed by atoms with Crippen LogP contribution in [-0.4, -0.2) is 16.8 Å². The summed E-state index contributed by atoms with van der Waals surface area (Å²) in [6, 6.07) is 16.1. The SMILES string of the molecule is CC(=O)N(c1cc(NC(=O)Cc2ccccc2Cl)ccn1)c1ccccc1F. The molecule has 5 nitrogen and oxygen atoms in total. The van der Waals surface area contributed by atoms with Gasteiger partial charge in [-0.2, -0.15) is 0 Å². The van der Waals surface area contributed by atoms with Crippen molar-refractivity contribution in [3.63, 3.8) is 0 Å². The molecule has 0 aliphatic heterocycles. The van der Waals surface area contributed by atoms with Crippen molar-refractivity contribution < 1.29 is 14.0 Å². The molecule has 2 aromatic carbocycles. The number of aromatic nitrogens is 1. The van der Waals surface area contributed by atoms with E-state index >= 15 is 0 Å². The molecule has 1 heterocycles. The Kier molecular flexibility index (Phi) is 6.01. The van der Waals surface area contributed by atoms with Gasteiger partial charge >= 0.3 is 0 Å². The van der Waals surface area contributed by atoms with Gasteiger partial charge in [0.15, 0.2) is 0 Å². The van der Waals surface area contributed by atoms with E-state index in [9.17, 15) is 14.0 Å². The second kappa shape index (κ2) is 8.63. The highest BCUT2D eigenvalue weighted by molar-refractivity contribution is 6.31. The summed E-state index contributed by atoms with van der Waals surface area (Å²) in [4.78, 5) is 29.8. The van der Waals surface area contributed by atoms with E-state index in [4.69, 9.17) is 11.6 Å². The zero-order valence-corrected chi connectivity index (χ0v) is 15.8. The minimum absolute atomic E-state index is 0.0852. The second-order valence-electron chi connectivity index (χ2n) is 6.02. The van der Waals surface area contributed by atoms with E-state index in [2.05, 4.69) is 10.3 Å². The maximum Gasteiger partial charge on any atom is 0.229 e. The van der Waals surface area contributed by atoms with Crippen LogP contribution in [0.15, 0.2) is 66.9 Å². The van der Waals surface area contributed by atoms with Crippen molar-refractivity contribution in [2.24, 2.45) is 0 Å². The monoisotopic (exact) mass is 397 g/mol. The van der Waals surface area contributed by atoms with Crippen LogP contribution in [0.5, 0.6) is 0 Å². The number of para-hydroxylation sites is 1. The Morgan fingerprint density at radius 3 is 2.54 bits per heavy atom. The smallest absolute Gasteiger partial charge is 0.229 e. The molecule has 28 heavy (non-hydrogen) atoms. The van der Waals surface area contributed by atoms with Crippen molar-refractivity contribution in [2.75, 3.05) is 10.2 Å². The number of hydrogen-bond acceptors (Lipinski definition) is 3. The third-order valence-corrected chi connectivity index (χ3v) is 4.34. The average Bonchev–Trinajstić information content (AvgIpc) is 2.65. The second-order valence-corrected chi connectivity index (χ2v) is 6.43. The van der Waals surface area contributed by atoms with Gasteiger partial charge in [0.2, 0.25) is 11.8 Å². The molecule has 142 valence electrons. The predicted molar refractivity (Wildman–Crippen MR) is 107 cm³/mol. The fourth-order valence-corrected chi connectivity index (χ4v) is 2.93. The quantitative estimate of drug-likeness (QED) is 0.676. The summed E-state index contributed by atoms with van der Waals surface area (Å²) in [6.45, 7) is 1.32. The highest BCUT2D eigenvalue weighted by atomic mass is 35.5. The summed E-state index contributed by atoms with van der Waals surface area (Å²) >= 11 is 6.09. The summed E-state index contributed by atoms with van der Waals surface area (Å²) in [7, 11) is 0. The molecule has 1 aromatic heterocycles. The third kappa shape index (κ3) is 4.53. The van der Waals surface area contributed by atoms with Crippen molar-refractivity contribution >= 4 is 40.6 Å². The molecular formula is C21H17ClFN3O2. The number of anilines is 3. The topological polar surface area (TPSA) is 62.3 Å². The van der Waals surface area contributed by atoms with Crippen LogP contribution < -0.4 is 10.2 Å². The molecule has 0 bridgehead atoms. The van der Waals surface area contributed by atoms with Gasteiger partial charge in [0.05, 0.1) is 12.1 Å². The Hall–Kier alpha value is -3.25. The first-order chi connectivity index (χ1) is 13.5. The number of halogens is 2. The Morgan fingerprint density at radius 1 is 1.11 bits per heavy atom. The van der Waals surface area contributed by atoms with Crippen molar-refractivity contribution in [3.8, 4) is 0 Å². The number of amides is 2. The van der Waals surface area contributed by atoms with Crippen LogP contribution in [0.4, 0.5) is 21.6 Å². The molecule has 0 unspecified atom stereocenters. The molecule has 0 fully saturated rings. The molecule has 0 radical (unpaired) electrons. The van der Waals surface area contributed by atoms with Gasteiger partial charge in [0.1, 0.15) is 11.6 Å². The fraction of sp³-hybridized carbons (Fsp3) is 0.0952. The standard InChI is InChI=1S/C21H17ClFN3O2/c1-14(27)26(19-9-5-4-8-18(19)23)20-13-16(10-11-24-20)25-21(28)12-15-6-2-3-7-17(15)22/h2-11,13H,12H2,1H3,(H,24,25,28). The molecule has 0 aliphatic carbocycles. The van der Waals surface area contributed by atoms with Gasteiger partial charge in [0, 0.05) is 29.9 Å². The highest BCUT2D eigenvalue weighted by Gasteiger charge is 2.19. The van der Waals surface area contributed by atoms with Crippen molar-refractivity contribution in [2.45, 2.75) is 13.3 Å². The first kappa shape index (κ1) is 19.5. The lowest BCUT2D eigenvalue weighted by molar-refractivity contribution is -0.116. The van der Waals surface area contributed by atoms with Gasteiger partial charge in [-0.25, -0.2) is 9.37 Å². The van der Waals surface area contributed by atoms with Gasteiger partial charge < -0.3 is 5.32 Å². The molecule has 0 atom stereocenters. The Balaban J connectivity index is 1.83. The molecule has 3 aromatic rings. The van der Waals surface area contributed by atoms with Gasteiger partial charge in [-0.05, 0) is 29.8 Å². The fourth-order valence-electron chi connectivity index (χ4n) is 2.73. The molecule has 3 rings (SSSR count). The third-order valence-electron chi connectivity index (χ3n) is 3.98. The lowest BCUT2D eigenvalue weighted by Gasteiger charge is -2.21. The van der Waals surface area contributed by atoms with Crippen LogP contribution in [0.3, 0.4) is 0 Å². The predicted octanol–water partition coefficient (Wildman–Crippen LogP) is 4.74. The molecule has 1 N–H and O–H groups in total. The van der Waals surface area contributed by atoms with Crippen molar-refractivity contribution in [3.05, 3.63) is 83.3 Å². The van der Waals surface area contributed by atoms with Gasteiger partial charge in [-0.1, -0.05) is 41.9 Å². The van der Waals surface area contributed by atoms with E-state index in [0.29, 0.717) is 16.3 Å². The normalized spacial score (nSPS) is 10.4. The van der Waals surface area contributed by atoms with E-state index in [-0.39, 0.29) is 23.8 Å². The van der Waals surface area contributed by atoms with Crippen molar-refractivity contribution in [1.82, 2.24) is 4.98 Å². The first-order valence-electron chi connectivity index (χ1n) is 8.50. The lowest BCUT2D eigenvalue weighted by Crippen LogP contribution is -2.25. The molecule has 2 amide bonds. The maximum absolute atomic E-state index is 14.2. The number of nitrogens with zero attached hydrogens (tertiary/aromatic N) is 2. The van der Waals surface area contributed by atoms with Crippen LogP contribution in [0.25, 0.3) is 0 Å². The van der Waals surface area contributed by atoms with Crippen LogP contribution in [0.1, 0.15) is 12.5 Å². The molecule has 0 saturated carbocycles. The van der Waals surface area contributed by atoms with E-state index in [1.165, 1.54) is 37.4 Å². The maximum atomic E-state index is 14.2. The van der Waals surface area contributed by atoms with Gasteiger partial charge in [-0.3, -0.25) is 14.5 Å². The zero-order chi connectivity index (χ0) is 20.1. The van der Waals surface area contributed by atoms with Gasteiger partial charge in [-0.15, -0.1) is 0 Å². The number of nitrogens with one attached hydrogen (secondary N) is 1. The summed E-state index contributed by atoms with van der Waals surface area (Å²) in [6.07, 6.45) is 1.54. The Morgan fingerprint density at radius 2 is 1.82 bits per heavy atom. The number of rotatable bonds is 5. The van der Waals surface area contributed by atoms with E-state index < -0.39 is 11.7 Å². The molecule has 7 heteroatoms. The summed E-state index contributed by atoms with van der Waals surface area (Å²) in [5.74, 6) is -1.02. The summed E-state index contributed by atoms with van der Waals surface area (Å²) < 4.78 is 14.2. The van der Waals surface area contributed by atoms with Crippen molar-refractivity contribution in [1.29, 1.82) is 0 Å².